The lowest BCUT2D eigenvalue weighted by atomic mass is 10.2. The molecule has 14 heavy (non-hydrogen) atoms. The van der Waals surface area contributed by atoms with Crippen molar-refractivity contribution in [1.82, 2.24) is 0 Å². The molecular weight excluding hydrogens is 260 g/mol. The minimum Gasteiger partial charge on any atom is -0.399 e. The molecule has 0 aliphatic heterocycles. The fourth-order valence-corrected chi connectivity index (χ4v) is 1.25. The van der Waals surface area contributed by atoms with Crippen LogP contribution in [-0.2, 0) is 4.74 Å². The minimum atomic E-state index is -3.13. The third kappa shape index (κ3) is 2.66. The smallest absolute Gasteiger partial charge is 0.389 e. The summed E-state index contributed by atoms with van der Waals surface area (Å²) in [5.41, 5.74) is 5.66. The molecule has 0 radical (unpaired) electrons. The first-order valence-corrected chi connectivity index (χ1v) is 4.34. The maximum Gasteiger partial charge on any atom is 0.389 e. The quantitative estimate of drug-likeness (QED) is 0.660. The Labute approximate surface area is 87.0 Å². The summed E-state index contributed by atoms with van der Waals surface area (Å²) in [7, 11) is 0. The van der Waals surface area contributed by atoms with Gasteiger partial charge in [-0.05, 0) is 34.1 Å². The Bertz CT molecular complexity index is 357. The first-order valence-electron chi connectivity index (χ1n) is 3.55. The maximum absolute atomic E-state index is 11.7. The third-order valence-electron chi connectivity index (χ3n) is 1.41. The molecule has 76 valence electrons. The number of ether oxygens (including phenoxy) is 1. The van der Waals surface area contributed by atoms with E-state index in [1.165, 1.54) is 18.2 Å². The van der Waals surface area contributed by atoms with Crippen LogP contribution < -0.4 is 5.73 Å². The molecule has 3 nitrogen and oxygen atoms in total. The van der Waals surface area contributed by atoms with Crippen molar-refractivity contribution < 1.29 is 18.3 Å². The molecule has 6 heteroatoms. The first kappa shape index (κ1) is 10.9. The van der Waals surface area contributed by atoms with Crippen molar-refractivity contribution in [2.24, 2.45) is 0 Å². The van der Waals surface area contributed by atoms with Gasteiger partial charge in [0.1, 0.15) is 0 Å². The van der Waals surface area contributed by atoms with E-state index in [9.17, 15) is 13.6 Å². The van der Waals surface area contributed by atoms with Gasteiger partial charge in [-0.25, -0.2) is 4.79 Å². The van der Waals surface area contributed by atoms with Gasteiger partial charge in [0.05, 0.1) is 5.56 Å². The third-order valence-corrected chi connectivity index (χ3v) is 2.10. The molecule has 0 amide bonds. The second-order valence-electron chi connectivity index (χ2n) is 2.41. The van der Waals surface area contributed by atoms with Crippen LogP contribution in [0.15, 0.2) is 22.7 Å². The molecule has 0 aliphatic carbocycles. The van der Waals surface area contributed by atoms with Crippen molar-refractivity contribution in [3.05, 3.63) is 28.2 Å². The van der Waals surface area contributed by atoms with E-state index in [0.717, 1.165) is 0 Å². The zero-order chi connectivity index (χ0) is 10.7. The van der Waals surface area contributed by atoms with Gasteiger partial charge < -0.3 is 10.5 Å². The predicted octanol–water partition coefficient (Wildman–Crippen LogP) is 2.41. The SMILES string of the molecule is Nc1ccc(Br)c(C(=O)OC(F)F)c1. The van der Waals surface area contributed by atoms with Crippen LogP contribution in [0.5, 0.6) is 0 Å². The highest BCUT2D eigenvalue weighted by atomic mass is 79.9. The van der Waals surface area contributed by atoms with E-state index in [1.807, 2.05) is 0 Å². The van der Waals surface area contributed by atoms with E-state index in [-0.39, 0.29) is 5.56 Å². The summed E-state index contributed by atoms with van der Waals surface area (Å²) in [5, 5.41) is 0. The summed E-state index contributed by atoms with van der Waals surface area (Å²) in [5.74, 6) is -1.11. The lowest BCUT2D eigenvalue weighted by Gasteiger charge is -2.05. The summed E-state index contributed by atoms with van der Waals surface area (Å²) >= 11 is 3.02. The Balaban J connectivity index is 2.94. The van der Waals surface area contributed by atoms with Gasteiger partial charge in [0.15, 0.2) is 0 Å². The van der Waals surface area contributed by atoms with Crippen LogP contribution >= 0.6 is 15.9 Å². The van der Waals surface area contributed by atoms with Crippen LogP contribution in [0.4, 0.5) is 14.5 Å². The molecule has 0 aliphatic rings. The van der Waals surface area contributed by atoms with Crippen molar-refractivity contribution in [3.63, 3.8) is 0 Å². The molecule has 0 unspecified atom stereocenters. The molecule has 1 rings (SSSR count). The molecule has 0 aromatic heterocycles. The largest absolute Gasteiger partial charge is 0.399 e. The van der Waals surface area contributed by atoms with Gasteiger partial charge in [0.25, 0.3) is 0 Å². The zero-order valence-electron chi connectivity index (χ0n) is 6.84. The number of carbonyl (C=O) groups is 1. The molecule has 0 saturated carbocycles. The second kappa shape index (κ2) is 4.36. The average Bonchev–Trinajstić information content (AvgIpc) is 2.08. The van der Waals surface area contributed by atoms with Gasteiger partial charge in [-0.15, -0.1) is 0 Å². The molecule has 0 heterocycles. The highest BCUT2D eigenvalue weighted by Crippen LogP contribution is 2.21. The standard InChI is InChI=1S/C8H6BrF2NO2/c9-6-2-1-4(12)3-5(6)7(13)14-8(10)11/h1-3,8H,12H2. The molecule has 0 saturated heterocycles. The number of nitrogen functional groups attached to an aromatic ring is 1. The first-order chi connectivity index (χ1) is 6.50. The van der Waals surface area contributed by atoms with Crippen molar-refractivity contribution in [2.45, 2.75) is 6.61 Å². The predicted molar refractivity (Wildman–Crippen MR) is 50.0 cm³/mol. The fourth-order valence-electron chi connectivity index (χ4n) is 0.844. The van der Waals surface area contributed by atoms with Gasteiger partial charge in [0, 0.05) is 10.2 Å². The molecule has 1 aromatic rings. The van der Waals surface area contributed by atoms with Crippen molar-refractivity contribution in [3.8, 4) is 0 Å². The van der Waals surface area contributed by atoms with Gasteiger partial charge in [-0.2, -0.15) is 8.78 Å². The summed E-state index contributed by atoms with van der Waals surface area (Å²) in [4.78, 5) is 11.0. The summed E-state index contributed by atoms with van der Waals surface area (Å²) in [6, 6.07) is 4.27. The summed E-state index contributed by atoms with van der Waals surface area (Å²) in [6.07, 6.45) is 0. The highest BCUT2D eigenvalue weighted by molar-refractivity contribution is 9.10. The number of halogens is 3. The van der Waals surface area contributed by atoms with Crippen LogP contribution in [0.1, 0.15) is 10.4 Å². The fraction of sp³-hybridized carbons (Fsp3) is 0.125. The molecule has 0 spiro atoms. The van der Waals surface area contributed by atoms with Crippen LogP contribution in [0, 0.1) is 0 Å². The Morgan fingerprint density at radius 3 is 2.71 bits per heavy atom. The van der Waals surface area contributed by atoms with Crippen LogP contribution in [0.2, 0.25) is 0 Å². The number of carbonyl (C=O) groups excluding carboxylic acids is 1. The van der Waals surface area contributed by atoms with Gasteiger partial charge in [0.2, 0.25) is 0 Å². The lowest BCUT2D eigenvalue weighted by Crippen LogP contribution is -2.10. The topological polar surface area (TPSA) is 52.3 Å². The monoisotopic (exact) mass is 265 g/mol. The molecular formula is C8H6BrF2NO2. The zero-order valence-corrected chi connectivity index (χ0v) is 8.42. The number of anilines is 1. The Kier molecular flexibility index (Phi) is 3.40. The Hall–Kier alpha value is -1.17. The van der Waals surface area contributed by atoms with E-state index >= 15 is 0 Å². The molecule has 1 aromatic carbocycles. The molecule has 2 N–H and O–H groups in total. The molecule has 0 atom stereocenters. The van der Waals surface area contributed by atoms with Crippen molar-refractivity contribution in [2.75, 3.05) is 5.73 Å². The van der Waals surface area contributed by atoms with Crippen molar-refractivity contribution >= 4 is 27.6 Å². The number of alkyl halides is 2. The molecule has 0 fully saturated rings. The van der Waals surface area contributed by atoms with Gasteiger partial charge in [-0.3, -0.25) is 0 Å². The van der Waals surface area contributed by atoms with Crippen LogP contribution in [-0.4, -0.2) is 12.6 Å². The second-order valence-corrected chi connectivity index (χ2v) is 3.26. The maximum atomic E-state index is 11.7. The van der Waals surface area contributed by atoms with E-state index in [4.69, 9.17) is 5.73 Å². The van der Waals surface area contributed by atoms with Crippen LogP contribution in [0.25, 0.3) is 0 Å². The van der Waals surface area contributed by atoms with E-state index in [0.29, 0.717) is 10.2 Å². The average molecular weight is 266 g/mol. The number of esters is 1. The lowest BCUT2D eigenvalue weighted by molar-refractivity contribution is -0.0906. The summed E-state index contributed by atoms with van der Waals surface area (Å²) < 4.78 is 27.5. The van der Waals surface area contributed by atoms with Crippen molar-refractivity contribution in [1.29, 1.82) is 0 Å². The number of hydrogen-bond donors (Lipinski definition) is 1. The van der Waals surface area contributed by atoms with Gasteiger partial charge >= 0.3 is 12.6 Å². The summed E-state index contributed by atoms with van der Waals surface area (Å²) in [6.45, 7) is -3.13. The number of benzene rings is 1. The van der Waals surface area contributed by atoms with Gasteiger partial charge in [-0.1, -0.05) is 0 Å². The van der Waals surface area contributed by atoms with E-state index < -0.39 is 12.6 Å². The number of hydrogen-bond acceptors (Lipinski definition) is 3. The number of nitrogens with two attached hydrogens (primary N) is 1. The Morgan fingerprint density at radius 2 is 2.14 bits per heavy atom. The van der Waals surface area contributed by atoms with E-state index in [2.05, 4.69) is 20.7 Å². The van der Waals surface area contributed by atoms with Crippen LogP contribution in [0.3, 0.4) is 0 Å². The minimum absolute atomic E-state index is 0.0229. The van der Waals surface area contributed by atoms with E-state index in [1.54, 1.807) is 0 Å². The highest BCUT2D eigenvalue weighted by Gasteiger charge is 2.16. The number of rotatable bonds is 2. The molecule has 0 bridgehead atoms. The normalized spacial score (nSPS) is 10.3. The Morgan fingerprint density at radius 1 is 1.50 bits per heavy atom.